The molecule has 0 amide bonds. The van der Waals surface area contributed by atoms with Gasteiger partial charge in [0.1, 0.15) is 6.33 Å². The molecule has 0 saturated carbocycles. The Morgan fingerprint density at radius 3 is 2.93 bits per heavy atom. The van der Waals surface area contributed by atoms with Crippen molar-refractivity contribution in [3.63, 3.8) is 0 Å². The van der Waals surface area contributed by atoms with Crippen molar-refractivity contribution in [1.29, 1.82) is 0 Å². The van der Waals surface area contributed by atoms with Crippen LogP contribution in [-0.4, -0.2) is 35.0 Å². The average Bonchev–Trinajstić information content (AvgIpc) is 2.83. The number of hydrogen-bond acceptors (Lipinski definition) is 6. The fourth-order valence-electron chi connectivity index (χ4n) is 1.22. The Morgan fingerprint density at radius 2 is 2.27 bits per heavy atom. The summed E-state index contributed by atoms with van der Waals surface area (Å²) in [5, 5.41) is 21.9. The van der Waals surface area contributed by atoms with Gasteiger partial charge in [-0.3, -0.25) is 0 Å². The monoisotopic (exact) mass is 208 g/mol. The zero-order valence-corrected chi connectivity index (χ0v) is 8.62. The van der Waals surface area contributed by atoms with Crippen molar-refractivity contribution in [2.75, 3.05) is 5.32 Å². The van der Waals surface area contributed by atoms with E-state index in [1.165, 1.54) is 0 Å². The van der Waals surface area contributed by atoms with Crippen LogP contribution < -0.4 is 5.32 Å². The number of rotatable bonds is 4. The number of anilines is 1. The van der Waals surface area contributed by atoms with E-state index in [1.54, 1.807) is 18.1 Å². The van der Waals surface area contributed by atoms with Gasteiger partial charge >= 0.3 is 0 Å². The first-order valence-electron chi connectivity index (χ1n) is 4.64. The largest absolute Gasteiger partial charge is 0.346 e. The van der Waals surface area contributed by atoms with Crippen molar-refractivity contribution in [1.82, 2.24) is 35.0 Å². The molecular formula is C7H12N8. The molecule has 80 valence electrons. The van der Waals surface area contributed by atoms with Gasteiger partial charge in [0.2, 0.25) is 5.95 Å². The van der Waals surface area contributed by atoms with Crippen molar-refractivity contribution in [3.8, 4) is 0 Å². The summed E-state index contributed by atoms with van der Waals surface area (Å²) in [7, 11) is 1.77. The molecule has 0 saturated heterocycles. The summed E-state index contributed by atoms with van der Waals surface area (Å²) in [6.45, 7) is 3.44. The highest BCUT2D eigenvalue weighted by atomic mass is 15.6. The van der Waals surface area contributed by atoms with E-state index in [0.29, 0.717) is 12.5 Å². The average molecular weight is 208 g/mol. The van der Waals surface area contributed by atoms with Crippen LogP contribution >= 0.6 is 0 Å². The first-order valence-corrected chi connectivity index (χ1v) is 4.64. The lowest BCUT2D eigenvalue weighted by Gasteiger charge is -2.04. The van der Waals surface area contributed by atoms with Crippen LogP contribution in [0.1, 0.15) is 12.7 Å². The Morgan fingerprint density at radius 1 is 1.40 bits per heavy atom. The smallest absolute Gasteiger partial charge is 0.243 e. The van der Waals surface area contributed by atoms with Crippen LogP contribution in [0.3, 0.4) is 0 Å². The molecule has 0 fully saturated rings. The van der Waals surface area contributed by atoms with E-state index in [1.807, 2.05) is 11.5 Å². The summed E-state index contributed by atoms with van der Waals surface area (Å²) >= 11 is 0. The first kappa shape index (κ1) is 9.56. The molecular weight excluding hydrogens is 196 g/mol. The number of aromatic nitrogens is 7. The molecule has 0 radical (unpaired) electrons. The summed E-state index contributed by atoms with van der Waals surface area (Å²) < 4.78 is 3.52. The molecule has 2 rings (SSSR count). The van der Waals surface area contributed by atoms with Gasteiger partial charge in [0.25, 0.3) is 0 Å². The molecule has 0 bridgehead atoms. The van der Waals surface area contributed by atoms with Crippen molar-refractivity contribution >= 4 is 5.95 Å². The third-order valence-electron chi connectivity index (χ3n) is 2.06. The zero-order valence-electron chi connectivity index (χ0n) is 8.62. The fourth-order valence-corrected chi connectivity index (χ4v) is 1.22. The van der Waals surface area contributed by atoms with Crippen molar-refractivity contribution in [2.45, 2.75) is 20.0 Å². The summed E-state index contributed by atoms with van der Waals surface area (Å²) in [6, 6.07) is 0. The Kier molecular flexibility index (Phi) is 2.57. The number of hydrogen-bond donors (Lipinski definition) is 1. The maximum atomic E-state index is 3.99. The van der Waals surface area contributed by atoms with Crippen LogP contribution in [-0.2, 0) is 20.1 Å². The number of nitrogens with one attached hydrogen (secondary N) is 1. The molecule has 0 aromatic carbocycles. The van der Waals surface area contributed by atoms with Crippen LogP contribution in [0.15, 0.2) is 6.33 Å². The van der Waals surface area contributed by atoms with Gasteiger partial charge < -0.3 is 9.88 Å². The molecule has 0 aliphatic heterocycles. The molecule has 0 spiro atoms. The summed E-state index contributed by atoms with van der Waals surface area (Å²) in [5.41, 5.74) is 0. The normalized spacial score (nSPS) is 10.5. The molecule has 8 heteroatoms. The molecule has 1 N–H and O–H groups in total. The Labute approximate surface area is 86.3 Å². The van der Waals surface area contributed by atoms with Crippen LogP contribution in [0, 0.1) is 0 Å². The van der Waals surface area contributed by atoms with Crippen LogP contribution in [0.4, 0.5) is 5.95 Å². The molecule has 0 aliphatic carbocycles. The van der Waals surface area contributed by atoms with E-state index in [-0.39, 0.29) is 0 Å². The van der Waals surface area contributed by atoms with Gasteiger partial charge in [-0.1, -0.05) is 5.10 Å². The van der Waals surface area contributed by atoms with E-state index in [4.69, 9.17) is 0 Å². The van der Waals surface area contributed by atoms with Gasteiger partial charge in [-0.05, 0) is 17.4 Å². The minimum atomic E-state index is 0.558. The van der Waals surface area contributed by atoms with Crippen molar-refractivity contribution in [3.05, 3.63) is 12.2 Å². The molecule has 0 unspecified atom stereocenters. The molecule has 8 nitrogen and oxygen atoms in total. The van der Waals surface area contributed by atoms with Gasteiger partial charge in [0.15, 0.2) is 5.82 Å². The van der Waals surface area contributed by atoms with E-state index < -0.39 is 0 Å². The van der Waals surface area contributed by atoms with Crippen LogP contribution in [0.2, 0.25) is 0 Å². The highest BCUT2D eigenvalue weighted by Crippen LogP contribution is 2.00. The topological polar surface area (TPSA) is 86.3 Å². The maximum Gasteiger partial charge on any atom is 0.243 e. The molecule has 2 aromatic rings. The third kappa shape index (κ3) is 1.92. The third-order valence-corrected chi connectivity index (χ3v) is 2.06. The summed E-state index contributed by atoms with van der Waals surface area (Å²) in [6.07, 6.45) is 1.70. The van der Waals surface area contributed by atoms with Gasteiger partial charge in [-0.15, -0.1) is 10.2 Å². The quantitative estimate of drug-likeness (QED) is 0.724. The molecule has 15 heavy (non-hydrogen) atoms. The number of nitrogens with zero attached hydrogens (tertiary/aromatic N) is 7. The Bertz CT molecular complexity index is 430. The van der Waals surface area contributed by atoms with Crippen molar-refractivity contribution < 1.29 is 0 Å². The maximum absolute atomic E-state index is 3.99. The SMILES string of the molecule is CCn1cnnc1CNc1nnnn1C. The predicted molar refractivity (Wildman–Crippen MR) is 51.8 cm³/mol. The van der Waals surface area contributed by atoms with E-state index in [9.17, 15) is 0 Å². The second-order valence-corrected chi connectivity index (χ2v) is 3.01. The highest BCUT2D eigenvalue weighted by molar-refractivity contribution is 5.21. The van der Waals surface area contributed by atoms with Crippen molar-refractivity contribution in [2.24, 2.45) is 7.05 Å². The molecule has 0 atom stereocenters. The first-order chi connectivity index (χ1) is 7.31. The highest BCUT2D eigenvalue weighted by Gasteiger charge is 2.05. The summed E-state index contributed by atoms with van der Waals surface area (Å²) in [4.78, 5) is 0. The van der Waals surface area contributed by atoms with Crippen LogP contribution in [0.25, 0.3) is 0 Å². The number of aryl methyl sites for hydroxylation is 2. The lowest BCUT2D eigenvalue weighted by atomic mass is 10.5. The Balaban J connectivity index is 2.02. The van der Waals surface area contributed by atoms with Gasteiger partial charge in [0.05, 0.1) is 6.54 Å². The van der Waals surface area contributed by atoms with E-state index in [0.717, 1.165) is 12.4 Å². The van der Waals surface area contributed by atoms with Gasteiger partial charge in [-0.25, -0.2) is 4.68 Å². The second kappa shape index (κ2) is 4.03. The number of tetrazole rings is 1. The van der Waals surface area contributed by atoms with E-state index in [2.05, 4.69) is 31.0 Å². The predicted octanol–water partition coefficient (Wildman–Crippen LogP) is -0.566. The molecule has 2 heterocycles. The fraction of sp³-hybridized carbons (Fsp3) is 0.571. The van der Waals surface area contributed by atoms with Crippen LogP contribution in [0.5, 0.6) is 0 Å². The standard InChI is InChI=1S/C7H12N8/c1-3-15-5-9-10-6(15)4-8-7-11-12-13-14(7)2/h5H,3-4H2,1-2H3,(H,8,11,13). The lowest BCUT2D eigenvalue weighted by Crippen LogP contribution is -2.10. The second-order valence-electron chi connectivity index (χ2n) is 3.01. The summed E-state index contributed by atoms with van der Waals surface area (Å²) in [5.74, 6) is 1.47. The van der Waals surface area contributed by atoms with E-state index >= 15 is 0 Å². The molecule has 2 aromatic heterocycles. The lowest BCUT2D eigenvalue weighted by molar-refractivity contribution is 0.694. The molecule has 0 aliphatic rings. The van der Waals surface area contributed by atoms with Gasteiger partial charge in [0, 0.05) is 13.6 Å². The zero-order chi connectivity index (χ0) is 10.7. The Hall–Kier alpha value is -1.99. The minimum Gasteiger partial charge on any atom is -0.346 e. The van der Waals surface area contributed by atoms with Gasteiger partial charge in [-0.2, -0.15) is 0 Å². The minimum absolute atomic E-state index is 0.558.